The van der Waals surface area contributed by atoms with Gasteiger partial charge in [0.1, 0.15) is 5.75 Å². The highest BCUT2D eigenvalue weighted by atomic mass is 32.1. The van der Waals surface area contributed by atoms with Gasteiger partial charge in [-0.15, -0.1) is 0 Å². The van der Waals surface area contributed by atoms with E-state index in [-0.39, 0.29) is 11.5 Å². The fourth-order valence-corrected chi connectivity index (χ4v) is 4.52. The monoisotopic (exact) mass is 415 g/mol. The van der Waals surface area contributed by atoms with Crippen LogP contribution in [0.5, 0.6) is 5.75 Å². The van der Waals surface area contributed by atoms with Crippen molar-refractivity contribution in [2.75, 3.05) is 7.11 Å². The molecule has 0 unspecified atom stereocenters. The van der Waals surface area contributed by atoms with E-state index in [1.165, 1.54) is 11.3 Å². The Bertz CT molecular complexity index is 1470. The van der Waals surface area contributed by atoms with Gasteiger partial charge >= 0.3 is 0 Å². The summed E-state index contributed by atoms with van der Waals surface area (Å²) in [6.45, 7) is 0.327. The van der Waals surface area contributed by atoms with E-state index in [0.717, 1.165) is 21.5 Å². The van der Waals surface area contributed by atoms with E-state index < -0.39 is 0 Å². The first-order chi connectivity index (χ1) is 14.6. The number of amides is 1. The summed E-state index contributed by atoms with van der Waals surface area (Å²) in [6, 6.07) is 20.2. The van der Waals surface area contributed by atoms with Gasteiger partial charge in [0.15, 0.2) is 4.96 Å². The standard InChI is InChI=1S/C23H17N3O3S/c1-29-16-8-10-19-20(12-16)30-23-25-18-9-7-14(11-17(18)22(28)26(19)23)13-24-21(27)15-5-3-2-4-6-15/h2-12H,13H2,1H3,(H,24,27). The molecule has 0 bridgehead atoms. The topological polar surface area (TPSA) is 72.7 Å². The summed E-state index contributed by atoms with van der Waals surface area (Å²) in [5.41, 5.74) is 2.76. The maximum absolute atomic E-state index is 13.2. The van der Waals surface area contributed by atoms with E-state index in [0.29, 0.717) is 28.0 Å². The van der Waals surface area contributed by atoms with E-state index >= 15 is 0 Å². The molecular formula is C23H17N3O3S. The minimum atomic E-state index is -0.154. The van der Waals surface area contributed by atoms with Crippen molar-refractivity contribution in [3.05, 3.63) is 88.2 Å². The molecule has 0 radical (unpaired) electrons. The molecule has 6 nitrogen and oxygen atoms in total. The number of ether oxygens (including phenoxy) is 1. The van der Waals surface area contributed by atoms with Crippen molar-refractivity contribution in [2.45, 2.75) is 6.54 Å². The van der Waals surface area contributed by atoms with Crippen LogP contribution in [-0.2, 0) is 6.54 Å². The minimum Gasteiger partial charge on any atom is -0.497 e. The lowest BCUT2D eigenvalue weighted by Gasteiger charge is -2.07. The highest BCUT2D eigenvalue weighted by Crippen LogP contribution is 2.28. The van der Waals surface area contributed by atoms with Crippen molar-refractivity contribution in [3.63, 3.8) is 0 Å². The predicted molar refractivity (Wildman–Crippen MR) is 119 cm³/mol. The first kappa shape index (κ1) is 18.3. The maximum atomic E-state index is 13.2. The zero-order chi connectivity index (χ0) is 20.7. The molecule has 0 fully saturated rings. The lowest BCUT2D eigenvalue weighted by molar-refractivity contribution is 0.0951. The molecule has 0 aliphatic heterocycles. The van der Waals surface area contributed by atoms with Crippen LogP contribution in [0.15, 0.2) is 71.5 Å². The summed E-state index contributed by atoms with van der Waals surface area (Å²) < 4.78 is 7.85. The second-order valence-electron chi connectivity index (χ2n) is 6.87. The van der Waals surface area contributed by atoms with Gasteiger partial charge in [-0.3, -0.25) is 14.0 Å². The Labute approximate surface area is 175 Å². The summed E-state index contributed by atoms with van der Waals surface area (Å²) in [4.78, 5) is 30.8. The average molecular weight is 415 g/mol. The molecule has 1 N–H and O–H groups in total. The van der Waals surface area contributed by atoms with Crippen LogP contribution in [0.4, 0.5) is 0 Å². The Kier molecular flexibility index (Phi) is 4.44. The normalized spacial score (nSPS) is 11.2. The molecule has 7 heteroatoms. The van der Waals surface area contributed by atoms with Gasteiger partial charge in [0, 0.05) is 12.1 Å². The number of aromatic nitrogens is 2. The second-order valence-corrected chi connectivity index (χ2v) is 7.88. The highest BCUT2D eigenvalue weighted by Gasteiger charge is 2.13. The summed E-state index contributed by atoms with van der Waals surface area (Å²) in [5, 5.41) is 3.42. The van der Waals surface area contributed by atoms with Gasteiger partial charge in [0.2, 0.25) is 0 Å². The number of fused-ring (bicyclic) bond motifs is 4. The highest BCUT2D eigenvalue weighted by molar-refractivity contribution is 7.23. The third kappa shape index (κ3) is 3.09. The Balaban J connectivity index is 1.54. The largest absolute Gasteiger partial charge is 0.497 e. The van der Waals surface area contributed by atoms with Gasteiger partial charge in [0.05, 0.1) is 28.2 Å². The van der Waals surface area contributed by atoms with E-state index in [2.05, 4.69) is 10.3 Å². The minimum absolute atomic E-state index is 0.123. The van der Waals surface area contributed by atoms with Gasteiger partial charge in [-0.25, -0.2) is 4.98 Å². The van der Waals surface area contributed by atoms with Crippen molar-refractivity contribution in [2.24, 2.45) is 0 Å². The van der Waals surface area contributed by atoms with Gasteiger partial charge in [-0.05, 0) is 48.0 Å². The first-order valence-corrected chi connectivity index (χ1v) is 10.2. The van der Waals surface area contributed by atoms with Crippen molar-refractivity contribution in [3.8, 4) is 5.75 Å². The van der Waals surface area contributed by atoms with Crippen molar-refractivity contribution < 1.29 is 9.53 Å². The average Bonchev–Trinajstić information content (AvgIpc) is 3.15. The zero-order valence-corrected chi connectivity index (χ0v) is 16.9. The molecule has 148 valence electrons. The number of rotatable bonds is 4. The molecule has 0 saturated carbocycles. The number of carbonyl (C=O) groups is 1. The maximum Gasteiger partial charge on any atom is 0.266 e. The molecule has 0 aliphatic carbocycles. The fourth-order valence-electron chi connectivity index (χ4n) is 3.46. The summed E-state index contributed by atoms with van der Waals surface area (Å²) in [7, 11) is 1.62. The Morgan fingerprint density at radius 2 is 1.93 bits per heavy atom. The van der Waals surface area contributed by atoms with Gasteiger partial charge in [0.25, 0.3) is 11.5 Å². The van der Waals surface area contributed by atoms with Crippen molar-refractivity contribution >= 4 is 43.3 Å². The second kappa shape index (κ2) is 7.27. The lowest BCUT2D eigenvalue weighted by atomic mass is 10.1. The number of hydrogen-bond acceptors (Lipinski definition) is 5. The third-order valence-corrected chi connectivity index (χ3v) is 6.00. The SMILES string of the molecule is COc1ccc2c(c1)sc1nc3ccc(CNC(=O)c4ccccc4)cc3c(=O)n12. The van der Waals surface area contributed by atoms with Gasteiger partial charge < -0.3 is 10.1 Å². The molecule has 0 aliphatic rings. The van der Waals surface area contributed by atoms with Crippen LogP contribution in [0.3, 0.4) is 0 Å². The molecular weight excluding hydrogens is 398 g/mol. The van der Waals surface area contributed by atoms with E-state index in [9.17, 15) is 9.59 Å². The molecule has 5 rings (SSSR count). The molecule has 2 aromatic heterocycles. The molecule has 5 aromatic rings. The number of benzene rings is 3. The van der Waals surface area contributed by atoms with Crippen LogP contribution in [0.25, 0.3) is 26.1 Å². The van der Waals surface area contributed by atoms with Crippen molar-refractivity contribution in [1.82, 2.24) is 14.7 Å². The van der Waals surface area contributed by atoms with E-state index in [1.54, 1.807) is 29.7 Å². The van der Waals surface area contributed by atoms with E-state index in [1.807, 2.05) is 48.5 Å². The molecule has 30 heavy (non-hydrogen) atoms. The number of nitrogens with one attached hydrogen (secondary N) is 1. The molecule has 0 atom stereocenters. The Hall–Kier alpha value is -3.71. The molecule has 2 heterocycles. The Morgan fingerprint density at radius 3 is 2.73 bits per heavy atom. The summed E-state index contributed by atoms with van der Waals surface area (Å²) in [5.74, 6) is 0.585. The smallest absolute Gasteiger partial charge is 0.266 e. The lowest BCUT2D eigenvalue weighted by Crippen LogP contribution is -2.23. The Morgan fingerprint density at radius 1 is 1.10 bits per heavy atom. The van der Waals surface area contributed by atoms with Crippen LogP contribution < -0.4 is 15.6 Å². The van der Waals surface area contributed by atoms with E-state index in [4.69, 9.17) is 4.74 Å². The number of methoxy groups -OCH3 is 1. The number of carbonyl (C=O) groups excluding carboxylic acids is 1. The molecule has 1 amide bonds. The van der Waals surface area contributed by atoms with Crippen LogP contribution >= 0.6 is 11.3 Å². The molecule has 3 aromatic carbocycles. The number of hydrogen-bond donors (Lipinski definition) is 1. The van der Waals surface area contributed by atoms with Crippen molar-refractivity contribution in [1.29, 1.82) is 0 Å². The van der Waals surface area contributed by atoms with Crippen LogP contribution in [0, 0.1) is 0 Å². The first-order valence-electron chi connectivity index (χ1n) is 9.39. The quantitative estimate of drug-likeness (QED) is 0.482. The number of thiazole rings is 1. The van der Waals surface area contributed by atoms with Gasteiger partial charge in [-0.2, -0.15) is 0 Å². The van der Waals surface area contributed by atoms with Gasteiger partial charge in [-0.1, -0.05) is 35.6 Å². The fraction of sp³-hybridized carbons (Fsp3) is 0.0870. The molecule has 0 saturated heterocycles. The summed E-state index contributed by atoms with van der Waals surface area (Å²) >= 11 is 1.45. The van der Waals surface area contributed by atoms with Crippen LogP contribution in [0.1, 0.15) is 15.9 Å². The summed E-state index contributed by atoms with van der Waals surface area (Å²) in [6.07, 6.45) is 0. The predicted octanol–water partition coefficient (Wildman–Crippen LogP) is 4.00. The zero-order valence-electron chi connectivity index (χ0n) is 16.1. The van der Waals surface area contributed by atoms with Crippen LogP contribution in [0.2, 0.25) is 0 Å². The molecule has 0 spiro atoms. The van der Waals surface area contributed by atoms with Crippen LogP contribution in [-0.4, -0.2) is 22.4 Å². The number of nitrogens with zero attached hydrogens (tertiary/aromatic N) is 2. The third-order valence-electron chi connectivity index (χ3n) is 5.00.